The Bertz CT molecular complexity index is 908. The molecule has 1 amide bonds. The van der Waals surface area contributed by atoms with Crippen LogP contribution in [0.15, 0.2) is 46.5 Å². The fourth-order valence-electron chi connectivity index (χ4n) is 2.47. The molecule has 0 spiro atoms. The number of thioether (sulfide) groups is 1. The highest BCUT2D eigenvalue weighted by atomic mass is 32.2. The van der Waals surface area contributed by atoms with Gasteiger partial charge in [-0.1, -0.05) is 43.8 Å². The Balaban J connectivity index is 2.03. The first-order chi connectivity index (χ1) is 12.6. The molecule has 0 aliphatic carbocycles. The zero-order valence-corrected chi connectivity index (χ0v) is 17.8. The normalized spacial score (nSPS) is 11.8. The van der Waals surface area contributed by atoms with E-state index in [9.17, 15) is 13.2 Å². The lowest BCUT2D eigenvalue weighted by Gasteiger charge is -2.16. The van der Waals surface area contributed by atoms with Gasteiger partial charge < -0.3 is 5.32 Å². The minimum absolute atomic E-state index is 0.122. The van der Waals surface area contributed by atoms with Crippen molar-refractivity contribution in [3.05, 3.63) is 47.7 Å². The molecule has 1 N–H and O–H groups in total. The number of nitrogens with one attached hydrogen (secondary N) is 1. The van der Waals surface area contributed by atoms with Crippen LogP contribution in [0.3, 0.4) is 0 Å². The molecule has 2 aromatic rings. The molecule has 0 aliphatic rings. The number of para-hydroxylation sites is 1. The number of carbonyl (C=O) groups excluding carboxylic acids is 1. The highest BCUT2D eigenvalue weighted by Crippen LogP contribution is 2.28. The third-order valence-corrected chi connectivity index (χ3v) is 6.77. The van der Waals surface area contributed by atoms with Gasteiger partial charge in [-0.25, -0.2) is 17.7 Å². The first kappa shape index (κ1) is 21.4. The van der Waals surface area contributed by atoms with Crippen molar-refractivity contribution < 1.29 is 13.2 Å². The number of aromatic nitrogens is 1. The molecule has 0 fully saturated rings. The number of amides is 1. The van der Waals surface area contributed by atoms with Crippen molar-refractivity contribution in [2.75, 3.05) is 25.2 Å². The quantitative estimate of drug-likeness (QED) is 0.711. The van der Waals surface area contributed by atoms with Gasteiger partial charge in [0.1, 0.15) is 4.90 Å². The Kier molecular flexibility index (Phi) is 7.02. The SMILES string of the molecule is Cc1cccc(C(C)C)c1NC(=O)CSc1ccc(S(=O)(=O)N(C)C)cn1. The number of pyridine rings is 1. The highest BCUT2D eigenvalue weighted by molar-refractivity contribution is 7.99. The molecule has 0 saturated carbocycles. The average molecular weight is 408 g/mol. The van der Waals surface area contributed by atoms with E-state index in [1.807, 2.05) is 25.1 Å². The molecule has 1 aromatic heterocycles. The lowest BCUT2D eigenvalue weighted by molar-refractivity contribution is -0.113. The van der Waals surface area contributed by atoms with E-state index in [4.69, 9.17) is 0 Å². The summed E-state index contributed by atoms with van der Waals surface area (Å²) >= 11 is 1.26. The Morgan fingerprint density at radius 1 is 1.22 bits per heavy atom. The zero-order valence-electron chi connectivity index (χ0n) is 16.2. The van der Waals surface area contributed by atoms with Gasteiger partial charge in [0.2, 0.25) is 15.9 Å². The predicted octanol–water partition coefficient (Wildman–Crippen LogP) is 3.49. The topological polar surface area (TPSA) is 79.4 Å². The molecule has 0 unspecified atom stereocenters. The third kappa shape index (κ3) is 5.31. The Morgan fingerprint density at radius 2 is 1.93 bits per heavy atom. The maximum absolute atomic E-state index is 12.4. The molecule has 146 valence electrons. The van der Waals surface area contributed by atoms with E-state index < -0.39 is 10.0 Å². The van der Waals surface area contributed by atoms with Crippen molar-refractivity contribution in [2.24, 2.45) is 0 Å². The molecule has 27 heavy (non-hydrogen) atoms. The number of anilines is 1. The second-order valence-corrected chi connectivity index (χ2v) is 9.80. The smallest absolute Gasteiger partial charge is 0.244 e. The molecule has 8 heteroatoms. The molecule has 2 rings (SSSR count). The Labute approximate surface area is 165 Å². The van der Waals surface area contributed by atoms with Crippen molar-refractivity contribution in [2.45, 2.75) is 36.6 Å². The number of hydrogen-bond donors (Lipinski definition) is 1. The van der Waals surface area contributed by atoms with Crippen LogP contribution in [0.4, 0.5) is 5.69 Å². The average Bonchev–Trinajstić information content (AvgIpc) is 2.61. The van der Waals surface area contributed by atoms with Crippen LogP contribution in [0.2, 0.25) is 0 Å². The molecule has 0 aliphatic heterocycles. The van der Waals surface area contributed by atoms with Crippen molar-refractivity contribution in [3.8, 4) is 0 Å². The van der Waals surface area contributed by atoms with Gasteiger partial charge in [-0.15, -0.1) is 0 Å². The number of nitrogens with zero attached hydrogens (tertiary/aromatic N) is 2. The van der Waals surface area contributed by atoms with Gasteiger partial charge in [0.05, 0.1) is 10.8 Å². The number of carbonyl (C=O) groups is 1. The van der Waals surface area contributed by atoms with E-state index in [1.54, 1.807) is 6.07 Å². The van der Waals surface area contributed by atoms with E-state index in [0.717, 1.165) is 21.1 Å². The lowest BCUT2D eigenvalue weighted by Crippen LogP contribution is -2.22. The number of rotatable bonds is 7. The molecular weight excluding hydrogens is 382 g/mol. The highest BCUT2D eigenvalue weighted by Gasteiger charge is 2.17. The second-order valence-electron chi connectivity index (χ2n) is 6.65. The first-order valence-electron chi connectivity index (χ1n) is 8.53. The van der Waals surface area contributed by atoms with Crippen LogP contribution in [0.5, 0.6) is 0 Å². The summed E-state index contributed by atoms with van der Waals surface area (Å²) in [4.78, 5) is 16.6. The minimum atomic E-state index is -3.50. The maximum atomic E-state index is 12.4. The van der Waals surface area contributed by atoms with Gasteiger partial charge in [0.15, 0.2) is 0 Å². The largest absolute Gasteiger partial charge is 0.325 e. The van der Waals surface area contributed by atoms with E-state index in [1.165, 1.54) is 38.1 Å². The van der Waals surface area contributed by atoms with Crippen LogP contribution in [-0.2, 0) is 14.8 Å². The van der Waals surface area contributed by atoms with Crippen molar-refractivity contribution in [3.63, 3.8) is 0 Å². The summed E-state index contributed by atoms with van der Waals surface area (Å²) < 4.78 is 25.2. The van der Waals surface area contributed by atoms with Crippen LogP contribution < -0.4 is 5.32 Å². The van der Waals surface area contributed by atoms with Crippen LogP contribution in [0.1, 0.15) is 30.9 Å². The van der Waals surface area contributed by atoms with Gasteiger partial charge >= 0.3 is 0 Å². The summed E-state index contributed by atoms with van der Waals surface area (Å²) in [6.45, 7) is 6.15. The number of benzene rings is 1. The monoisotopic (exact) mass is 407 g/mol. The third-order valence-electron chi connectivity index (χ3n) is 4.03. The fourth-order valence-corrected chi connectivity index (χ4v) is 3.96. The van der Waals surface area contributed by atoms with Crippen LogP contribution in [-0.4, -0.2) is 43.5 Å². The Hall–Kier alpha value is -1.90. The fraction of sp³-hybridized carbons (Fsp3) is 0.368. The van der Waals surface area contributed by atoms with Crippen LogP contribution >= 0.6 is 11.8 Å². The van der Waals surface area contributed by atoms with Crippen molar-refractivity contribution >= 4 is 33.4 Å². The predicted molar refractivity (Wildman–Crippen MR) is 110 cm³/mol. The second kappa shape index (κ2) is 8.86. The summed E-state index contributed by atoms with van der Waals surface area (Å²) in [5, 5.41) is 3.59. The maximum Gasteiger partial charge on any atom is 0.244 e. The number of aryl methyl sites for hydroxylation is 1. The van der Waals surface area contributed by atoms with Crippen molar-refractivity contribution in [1.29, 1.82) is 0 Å². The molecule has 1 aromatic carbocycles. The summed E-state index contributed by atoms with van der Waals surface area (Å²) in [5.74, 6) is 0.377. The van der Waals surface area contributed by atoms with Gasteiger partial charge in [-0.05, 0) is 36.1 Å². The van der Waals surface area contributed by atoms with Gasteiger partial charge in [0.25, 0.3) is 0 Å². The van der Waals surface area contributed by atoms with Crippen LogP contribution in [0, 0.1) is 6.92 Å². The van der Waals surface area contributed by atoms with Gasteiger partial charge in [-0.2, -0.15) is 0 Å². The zero-order chi connectivity index (χ0) is 20.2. The summed E-state index contributed by atoms with van der Waals surface area (Å²) in [6.07, 6.45) is 1.31. The molecule has 0 radical (unpaired) electrons. The van der Waals surface area contributed by atoms with E-state index in [-0.39, 0.29) is 16.6 Å². The lowest BCUT2D eigenvalue weighted by atomic mass is 9.98. The molecule has 0 atom stereocenters. The number of sulfonamides is 1. The molecule has 6 nitrogen and oxygen atoms in total. The van der Waals surface area contributed by atoms with Gasteiger partial charge in [-0.3, -0.25) is 4.79 Å². The van der Waals surface area contributed by atoms with Gasteiger partial charge in [0, 0.05) is 26.0 Å². The molecular formula is C19H25N3O3S2. The van der Waals surface area contributed by atoms with Crippen molar-refractivity contribution in [1.82, 2.24) is 9.29 Å². The molecule has 1 heterocycles. The summed E-state index contributed by atoms with van der Waals surface area (Å²) in [7, 11) is -0.558. The van der Waals surface area contributed by atoms with E-state index in [0.29, 0.717) is 10.9 Å². The molecule has 0 saturated heterocycles. The minimum Gasteiger partial charge on any atom is -0.325 e. The summed E-state index contributed by atoms with van der Waals surface area (Å²) in [5.41, 5.74) is 2.99. The van der Waals surface area contributed by atoms with E-state index in [2.05, 4.69) is 24.1 Å². The standard InChI is InChI=1S/C19H25N3O3S2/c1-13(2)16-8-6-7-14(3)19(16)21-17(23)12-26-18-10-9-15(11-20-18)27(24,25)22(4)5/h6-11,13H,12H2,1-5H3,(H,21,23). The van der Waals surface area contributed by atoms with E-state index >= 15 is 0 Å². The first-order valence-corrected chi connectivity index (χ1v) is 11.0. The number of hydrogen-bond acceptors (Lipinski definition) is 5. The Morgan fingerprint density at radius 3 is 2.48 bits per heavy atom. The van der Waals surface area contributed by atoms with Crippen LogP contribution in [0.25, 0.3) is 0 Å². The summed E-state index contributed by atoms with van der Waals surface area (Å²) in [6, 6.07) is 9.09. The molecule has 0 bridgehead atoms.